The molecule has 12 nitrogen and oxygen atoms in total. The third kappa shape index (κ3) is 4.10. The molecule has 1 aliphatic heterocycles. The highest BCUT2D eigenvalue weighted by atomic mass is 35.5. The minimum atomic E-state index is -0.637. The zero-order valence-electron chi connectivity index (χ0n) is 21.0. The van der Waals surface area contributed by atoms with Gasteiger partial charge in [0.2, 0.25) is 0 Å². The maximum absolute atomic E-state index is 13.5. The number of nitrogens with zero attached hydrogens (tertiary/aromatic N) is 6. The highest BCUT2D eigenvalue weighted by Crippen LogP contribution is 2.36. The number of hydrogen-bond donors (Lipinski definition) is 0. The summed E-state index contributed by atoms with van der Waals surface area (Å²) in [6.07, 6.45) is 2.49. The van der Waals surface area contributed by atoms with Crippen molar-refractivity contribution in [2.75, 3.05) is 32.2 Å². The maximum Gasteiger partial charge on any atom is 0.331 e. The number of nitro benzene ring substituents is 1. The van der Waals surface area contributed by atoms with Gasteiger partial charge in [-0.25, -0.2) is 14.8 Å². The number of halogens is 1. The van der Waals surface area contributed by atoms with Crippen LogP contribution in [0.2, 0.25) is 5.02 Å². The molecule has 3 heterocycles. The lowest BCUT2D eigenvalue weighted by atomic mass is 10.0. The van der Waals surface area contributed by atoms with E-state index in [2.05, 4.69) is 14.9 Å². The Balaban J connectivity index is 1.52. The van der Waals surface area contributed by atoms with E-state index in [0.29, 0.717) is 42.9 Å². The van der Waals surface area contributed by atoms with Crippen molar-refractivity contribution in [2.24, 2.45) is 0 Å². The Morgan fingerprint density at radius 2 is 1.74 bits per heavy atom. The van der Waals surface area contributed by atoms with Gasteiger partial charge in [0.1, 0.15) is 17.2 Å². The molecule has 0 spiro atoms. The number of ether oxygens (including phenoxy) is 2. The molecule has 1 fully saturated rings. The molecule has 0 bridgehead atoms. The predicted molar refractivity (Wildman–Crippen MR) is 143 cm³/mol. The smallest absolute Gasteiger partial charge is 0.331 e. The Hall–Kier alpha value is -4.19. The van der Waals surface area contributed by atoms with Gasteiger partial charge in [-0.2, -0.15) is 0 Å². The van der Waals surface area contributed by atoms with Gasteiger partial charge in [0.15, 0.2) is 11.5 Å². The SMILES string of the molecule is CCn1c(=O)n(C2CCN(c3ncnc4cc(OC)c(OC)cc34)CC2)c(=O)c2cc([N+](=O)[O-])c(Cl)cc21. The normalized spacial score (nSPS) is 14.3. The minimum Gasteiger partial charge on any atom is -0.493 e. The van der Waals surface area contributed by atoms with Gasteiger partial charge in [0.25, 0.3) is 11.2 Å². The lowest BCUT2D eigenvalue weighted by Gasteiger charge is -2.34. The molecule has 0 N–H and O–H groups in total. The van der Waals surface area contributed by atoms with Crippen LogP contribution in [0.25, 0.3) is 21.8 Å². The third-order valence-corrected chi connectivity index (χ3v) is 7.31. The third-order valence-electron chi connectivity index (χ3n) is 7.00. The van der Waals surface area contributed by atoms with Gasteiger partial charge >= 0.3 is 5.69 Å². The highest BCUT2D eigenvalue weighted by molar-refractivity contribution is 6.33. The molecule has 2 aromatic heterocycles. The van der Waals surface area contributed by atoms with Gasteiger partial charge in [-0.05, 0) is 31.9 Å². The van der Waals surface area contributed by atoms with Crippen LogP contribution in [0.3, 0.4) is 0 Å². The molecule has 0 radical (unpaired) electrons. The van der Waals surface area contributed by atoms with Crippen molar-refractivity contribution in [1.82, 2.24) is 19.1 Å². The molecule has 1 saturated heterocycles. The first-order chi connectivity index (χ1) is 18.3. The molecule has 2 aromatic carbocycles. The Kier molecular flexibility index (Phi) is 6.66. The van der Waals surface area contributed by atoms with E-state index in [0.717, 1.165) is 17.3 Å². The van der Waals surface area contributed by atoms with E-state index in [-0.39, 0.29) is 34.2 Å². The summed E-state index contributed by atoms with van der Waals surface area (Å²) in [5.41, 5.74) is -0.410. The lowest BCUT2D eigenvalue weighted by Crippen LogP contribution is -2.46. The van der Waals surface area contributed by atoms with Gasteiger partial charge in [-0.3, -0.25) is 24.0 Å². The number of methoxy groups -OCH3 is 2. The summed E-state index contributed by atoms with van der Waals surface area (Å²) < 4.78 is 13.5. The number of rotatable bonds is 6. The minimum absolute atomic E-state index is 0.0906. The van der Waals surface area contributed by atoms with Crippen LogP contribution in [0.5, 0.6) is 11.5 Å². The standard InChI is InChI=1S/C25H25ClN6O6/c1-4-30-19-11-17(26)20(32(35)36)9-16(19)24(33)31(25(30)34)14-5-7-29(8-6-14)23-15-10-21(37-2)22(38-3)12-18(15)27-13-28-23/h9-14H,4-8H2,1-3H3. The average molecular weight is 541 g/mol. The number of nitro groups is 1. The number of aromatic nitrogens is 4. The fourth-order valence-electron chi connectivity index (χ4n) is 5.12. The summed E-state index contributed by atoms with van der Waals surface area (Å²) in [7, 11) is 3.12. The predicted octanol–water partition coefficient (Wildman–Crippen LogP) is 3.55. The maximum atomic E-state index is 13.5. The van der Waals surface area contributed by atoms with Crippen LogP contribution in [0.1, 0.15) is 25.8 Å². The second-order valence-corrected chi connectivity index (χ2v) is 9.33. The number of fused-ring (bicyclic) bond motifs is 2. The second kappa shape index (κ2) is 9.93. The molecule has 0 saturated carbocycles. The van der Waals surface area contributed by atoms with Gasteiger partial charge in [-0.15, -0.1) is 0 Å². The Morgan fingerprint density at radius 1 is 1.05 bits per heavy atom. The summed E-state index contributed by atoms with van der Waals surface area (Å²) in [5.74, 6) is 1.84. The van der Waals surface area contributed by atoms with E-state index < -0.39 is 16.2 Å². The molecular weight excluding hydrogens is 516 g/mol. The van der Waals surface area contributed by atoms with Gasteiger partial charge in [0, 0.05) is 43.2 Å². The Bertz CT molecular complexity index is 1690. The molecule has 1 aliphatic rings. The average Bonchev–Trinajstić information content (AvgIpc) is 2.92. The van der Waals surface area contributed by atoms with Crippen molar-refractivity contribution >= 4 is 44.9 Å². The fourth-order valence-corrected chi connectivity index (χ4v) is 5.35. The second-order valence-electron chi connectivity index (χ2n) is 8.92. The van der Waals surface area contributed by atoms with Gasteiger partial charge < -0.3 is 14.4 Å². The highest BCUT2D eigenvalue weighted by Gasteiger charge is 2.28. The first-order valence-corrected chi connectivity index (χ1v) is 12.4. The van der Waals surface area contributed by atoms with E-state index in [4.69, 9.17) is 21.1 Å². The molecule has 38 heavy (non-hydrogen) atoms. The Morgan fingerprint density at radius 3 is 2.37 bits per heavy atom. The van der Waals surface area contributed by atoms with E-state index in [9.17, 15) is 19.7 Å². The number of hydrogen-bond acceptors (Lipinski definition) is 9. The largest absolute Gasteiger partial charge is 0.493 e. The van der Waals surface area contributed by atoms with E-state index in [1.54, 1.807) is 27.2 Å². The number of piperidine rings is 1. The fraction of sp³-hybridized carbons (Fsp3) is 0.360. The van der Waals surface area contributed by atoms with E-state index in [1.807, 2.05) is 6.07 Å². The van der Waals surface area contributed by atoms with Crippen LogP contribution in [-0.2, 0) is 6.54 Å². The van der Waals surface area contributed by atoms with Crippen molar-refractivity contribution in [3.8, 4) is 11.5 Å². The molecule has 198 valence electrons. The van der Waals surface area contributed by atoms with Crippen LogP contribution in [-0.4, -0.2) is 51.3 Å². The molecule has 0 atom stereocenters. The monoisotopic (exact) mass is 540 g/mol. The topological polar surface area (TPSA) is 135 Å². The van der Waals surface area contributed by atoms with E-state index in [1.165, 1.54) is 21.5 Å². The molecule has 13 heteroatoms. The summed E-state index contributed by atoms with van der Waals surface area (Å²) >= 11 is 6.08. The first kappa shape index (κ1) is 25.5. The Labute approximate surface area is 221 Å². The zero-order valence-corrected chi connectivity index (χ0v) is 21.8. The molecule has 5 rings (SSSR count). The molecule has 0 amide bonds. The summed E-state index contributed by atoms with van der Waals surface area (Å²) in [4.78, 5) is 48.6. The number of benzene rings is 2. The molecule has 0 unspecified atom stereocenters. The number of anilines is 1. The lowest BCUT2D eigenvalue weighted by molar-refractivity contribution is -0.384. The van der Waals surface area contributed by atoms with Crippen LogP contribution in [0, 0.1) is 10.1 Å². The summed E-state index contributed by atoms with van der Waals surface area (Å²) in [6.45, 7) is 3.11. The van der Waals surface area contributed by atoms with Crippen LogP contribution in [0.4, 0.5) is 11.5 Å². The zero-order chi connectivity index (χ0) is 27.1. The van der Waals surface area contributed by atoms with Crippen LogP contribution in [0.15, 0.2) is 40.2 Å². The summed E-state index contributed by atoms with van der Waals surface area (Å²) in [6, 6.07) is 5.72. The van der Waals surface area contributed by atoms with Crippen LogP contribution >= 0.6 is 11.6 Å². The van der Waals surface area contributed by atoms with Crippen molar-refractivity contribution < 1.29 is 14.4 Å². The first-order valence-electron chi connectivity index (χ1n) is 12.0. The quantitative estimate of drug-likeness (QED) is 0.266. The van der Waals surface area contributed by atoms with Crippen molar-refractivity contribution in [3.05, 3.63) is 66.6 Å². The molecule has 4 aromatic rings. The van der Waals surface area contributed by atoms with Gasteiger partial charge in [0.05, 0.1) is 35.6 Å². The van der Waals surface area contributed by atoms with Gasteiger partial charge in [-0.1, -0.05) is 11.6 Å². The number of aryl methyl sites for hydroxylation is 1. The van der Waals surface area contributed by atoms with Crippen LogP contribution < -0.4 is 25.6 Å². The van der Waals surface area contributed by atoms with E-state index >= 15 is 0 Å². The van der Waals surface area contributed by atoms with Crippen molar-refractivity contribution in [2.45, 2.75) is 32.4 Å². The van der Waals surface area contributed by atoms with Crippen molar-refractivity contribution in [1.29, 1.82) is 0 Å². The van der Waals surface area contributed by atoms with Crippen molar-refractivity contribution in [3.63, 3.8) is 0 Å². The molecule has 0 aliphatic carbocycles. The summed E-state index contributed by atoms with van der Waals surface area (Å²) in [5, 5.41) is 12.2. The molecular formula is C25H25ClN6O6.